The van der Waals surface area contributed by atoms with Gasteiger partial charge in [-0.05, 0) is 62.1 Å². The van der Waals surface area contributed by atoms with Crippen LogP contribution < -0.4 is 4.74 Å². The number of ether oxygens (including phenoxy) is 1. The molecule has 0 unspecified atom stereocenters. The predicted octanol–water partition coefficient (Wildman–Crippen LogP) is 7.89. The molecule has 2 aromatic carbocycles. The summed E-state index contributed by atoms with van der Waals surface area (Å²) >= 11 is 0. The fourth-order valence-corrected chi connectivity index (χ4v) is 2.82. The van der Waals surface area contributed by atoms with E-state index in [1.165, 1.54) is 22.3 Å². The second kappa shape index (κ2) is 11.0. The number of rotatable bonds is 5. The lowest BCUT2D eigenvalue weighted by Gasteiger charge is -2.09. The highest BCUT2D eigenvalue weighted by Crippen LogP contribution is 2.24. The number of benzene rings is 2. The SMILES string of the molecule is C=C(C)/C=C/c1cc(C)cc(C)c1.CC(C)c1cccc(Oc2ccncc2)c1. The van der Waals surface area contributed by atoms with Crippen molar-refractivity contribution < 1.29 is 4.74 Å². The summed E-state index contributed by atoms with van der Waals surface area (Å²) in [5.74, 6) is 2.20. The molecule has 2 nitrogen and oxygen atoms in total. The number of allylic oxidation sites excluding steroid dienone is 2. The lowest BCUT2D eigenvalue weighted by Crippen LogP contribution is -1.89. The van der Waals surface area contributed by atoms with Crippen LogP contribution in [0.4, 0.5) is 0 Å². The number of nitrogens with zero attached hydrogens (tertiary/aromatic N) is 1. The second-order valence-electron chi connectivity index (χ2n) is 7.61. The Morgan fingerprint density at radius 3 is 2.17 bits per heavy atom. The summed E-state index contributed by atoms with van der Waals surface area (Å²) in [6, 6.07) is 18.4. The van der Waals surface area contributed by atoms with E-state index in [0.717, 1.165) is 17.1 Å². The zero-order chi connectivity index (χ0) is 21.2. The second-order valence-corrected chi connectivity index (χ2v) is 7.61. The zero-order valence-electron chi connectivity index (χ0n) is 18.1. The molecule has 3 aromatic rings. The molecule has 0 atom stereocenters. The van der Waals surface area contributed by atoms with Crippen molar-refractivity contribution in [1.82, 2.24) is 4.98 Å². The summed E-state index contributed by atoms with van der Waals surface area (Å²) in [6.07, 6.45) is 7.58. The van der Waals surface area contributed by atoms with E-state index in [0.29, 0.717) is 5.92 Å². The summed E-state index contributed by atoms with van der Waals surface area (Å²) in [7, 11) is 0. The van der Waals surface area contributed by atoms with Gasteiger partial charge in [0, 0.05) is 12.4 Å². The first-order valence-electron chi connectivity index (χ1n) is 9.93. The average Bonchev–Trinajstić information content (AvgIpc) is 2.67. The predicted molar refractivity (Wildman–Crippen MR) is 125 cm³/mol. The number of hydrogen-bond donors (Lipinski definition) is 0. The van der Waals surface area contributed by atoms with E-state index < -0.39 is 0 Å². The maximum absolute atomic E-state index is 5.73. The van der Waals surface area contributed by atoms with Crippen molar-refractivity contribution in [3.8, 4) is 11.5 Å². The van der Waals surface area contributed by atoms with Gasteiger partial charge in [-0.1, -0.05) is 79.6 Å². The van der Waals surface area contributed by atoms with E-state index in [9.17, 15) is 0 Å². The maximum atomic E-state index is 5.73. The first-order chi connectivity index (χ1) is 13.8. The fourth-order valence-electron chi connectivity index (χ4n) is 2.82. The normalized spacial score (nSPS) is 10.6. The summed E-state index contributed by atoms with van der Waals surface area (Å²) in [6.45, 7) is 14.4. The fraction of sp³-hybridized carbons (Fsp3) is 0.222. The number of aromatic nitrogens is 1. The molecular weight excluding hydrogens is 354 g/mol. The molecule has 0 amide bonds. The minimum absolute atomic E-state index is 0.515. The van der Waals surface area contributed by atoms with Crippen molar-refractivity contribution in [3.63, 3.8) is 0 Å². The highest BCUT2D eigenvalue weighted by atomic mass is 16.5. The molecule has 0 N–H and O–H groups in total. The van der Waals surface area contributed by atoms with Crippen LogP contribution in [0.2, 0.25) is 0 Å². The van der Waals surface area contributed by atoms with Crippen LogP contribution in [0.25, 0.3) is 6.08 Å². The van der Waals surface area contributed by atoms with Crippen LogP contribution in [-0.2, 0) is 0 Å². The third-order valence-electron chi connectivity index (χ3n) is 4.21. The molecule has 0 spiro atoms. The van der Waals surface area contributed by atoms with Gasteiger partial charge in [0.25, 0.3) is 0 Å². The molecule has 0 saturated carbocycles. The standard InChI is InChI=1S/C14H15NO.C13H16/c1-11(2)12-4-3-5-14(10-12)16-13-6-8-15-9-7-13;1-10(2)5-6-13-8-11(3)7-12(4)9-13/h3-11H,1-2H3;5-9H,1H2,2-4H3/b;6-5+. The molecule has 29 heavy (non-hydrogen) atoms. The Kier molecular flexibility index (Phi) is 8.42. The van der Waals surface area contributed by atoms with Gasteiger partial charge in [0.2, 0.25) is 0 Å². The van der Waals surface area contributed by atoms with Crippen LogP contribution in [0.5, 0.6) is 11.5 Å². The van der Waals surface area contributed by atoms with Gasteiger partial charge >= 0.3 is 0 Å². The third-order valence-corrected chi connectivity index (χ3v) is 4.21. The first kappa shape index (κ1) is 22.2. The number of aryl methyl sites for hydroxylation is 2. The molecular formula is C27H31NO. The van der Waals surface area contributed by atoms with Gasteiger partial charge in [-0.25, -0.2) is 0 Å². The minimum atomic E-state index is 0.515. The van der Waals surface area contributed by atoms with E-state index in [4.69, 9.17) is 4.74 Å². The molecule has 1 aromatic heterocycles. The molecule has 0 bridgehead atoms. The largest absolute Gasteiger partial charge is 0.457 e. The number of pyridine rings is 1. The van der Waals surface area contributed by atoms with Gasteiger partial charge in [-0.15, -0.1) is 0 Å². The molecule has 0 aliphatic heterocycles. The van der Waals surface area contributed by atoms with Gasteiger partial charge in [0.15, 0.2) is 0 Å². The van der Waals surface area contributed by atoms with Crippen LogP contribution in [0, 0.1) is 13.8 Å². The van der Waals surface area contributed by atoms with Crippen LogP contribution in [0.3, 0.4) is 0 Å². The minimum Gasteiger partial charge on any atom is -0.457 e. The molecule has 2 heteroatoms. The summed E-state index contributed by atoms with van der Waals surface area (Å²) in [5, 5.41) is 0. The van der Waals surface area contributed by atoms with Gasteiger partial charge in [0.1, 0.15) is 11.5 Å². The molecule has 0 aliphatic rings. The molecule has 150 valence electrons. The maximum Gasteiger partial charge on any atom is 0.130 e. The Morgan fingerprint density at radius 1 is 0.931 bits per heavy atom. The van der Waals surface area contributed by atoms with Gasteiger partial charge in [-0.2, -0.15) is 0 Å². The Labute approximate surface area is 175 Å². The molecule has 3 rings (SSSR count). The van der Waals surface area contributed by atoms with Gasteiger partial charge in [-0.3, -0.25) is 4.98 Å². The first-order valence-corrected chi connectivity index (χ1v) is 9.93. The Bertz CT molecular complexity index is 935. The lowest BCUT2D eigenvalue weighted by molar-refractivity contribution is 0.481. The molecule has 0 fully saturated rings. The lowest BCUT2D eigenvalue weighted by atomic mass is 10.0. The molecule has 1 heterocycles. The van der Waals surface area contributed by atoms with Crippen molar-refractivity contribution in [2.45, 2.75) is 40.5 Å². The van der Waals surface area contributed by atoms with E-state index in [-0.39, 0.29) is 0 Å². The van der Waals surface area contributed by atoms with Crippen LogP contribution in [-0.4, -0.2) is 4.98 Å². The van der Waals surface area contributed by atoms with Crippen molar-refractivity contribution >= 4 is 6.08 Å². The summed E-state index contributed by atoms with van der Waals surface area (Å²) in [4.78, 5) is 3.95. The Morgan fingerprint density at radius 2 is 1.59 bits per heavy atom. The molecule has 0 radical (unpaired) electrons. The topological polar surface area (TPSA) is 22.1 Å². The molecule has 0 aliphatic carbocycles. The van der Waals surface area contributed by atoms with Crippen molar-refractivity contribution in [3.05, 3.63) is 107 Å². The average molecular weight is 386 g/mol. The van der Waals surface area contributed by atoms with Crippen LogP contribution in [0.1, 0.15) is 48.9 Å². The Balaban J connectivity index is 0.000000212. The van der Waals surface area contributed by atoms with E-state index >= 15 is 0 Å². The van der Waals surface area contributed by atoms with Crippen molar-refractivity contribution in [1.29, 1.82) is 0 Å². The zero-order valence-corrected chi connectivity index (χ0v) is 18.1. The van der Waals surface area contributed by atoms with Gasteiger partial charge < -0.3 is 4.74 Å². The quantitative estimate of drug-likeness (QED) is 0.417. The third kappa shape index (κ3) is 8.18. The van der Waals surface area contributed by atoms with Crippen LogP contribution >= 0.6 is 0 Å². The smallest absolute Gasteiger partial charge is 0.130 e. The van der Waals surface area contributed by atoms with Gasteiger partial charge in [0.05, 0.1) is 0 Å². The monoisotopic (exact) mass is 385 g/mol. The van der Waals surface area contributed by atoms with E-state index in [2.05, 4.69) is 75.7 Å². The summed E-state index contributed by atoms with van der Waals surface area (Å²) < 4.78 is 5.73. The van der Waals surface area contributed by atoms with E-state index in [1.807, 2.05) is 37.3 Å². The number of hydrogen-bond acceptors (Lipinski definition) is 2. The van der Waals surface area contributed by atoms with Crippen molar-refractivity contribution in [2.24, 2.45) is 0 Å². The van der Waals surface area contributed by atoms with E-state index in [1.54, 1.807) is 12.4 Å². The highest BCUT2D eigenvalue weighted by Gasteiger charge is 2.01. The van der Waals surface area contributed by atoms with Crippen LogP contribution in [0.15, 0.2) is 85.2 Å². The highest BCUT2D eigenvalue weighted by molar-refractivity contribution is 5.54. The molecule has 0 saturated heterocycles. The summed E-state index contributed by atoms with van der Waals surface area (Å²) in [5.41, 5.74) is 6.23. The van der Waals surface area contributed by atoms with Crippen molar-refractivity contribution in [2.75, 3.05) is 0 Å². The Hall–Kier alpha value is -3.13.